The molecule has 25 heavy (non-hydrogen) atoms. The second-order valence-corrected chi connectivity index (χ2v) is 5.25. The zero-order valence-corrected chi connectivity index (χ0v) is 14.8. The largest absolute Gasteiger partial charge is 0.496 e. The molecule has 0 atom stereocenters. The summed E-state index contributed by atoms with van der Waals surface area (Å²) in [6, 6.07) is 13.0. The van der Waals surface area contributed by atoms with Gasteiger partial charge in [0.15, 0.2) is 6.29 Å². The molecule has 0 aromatic heterocycles. The Hall–Kier alpha value is -2.63. The maximum absolute atomic E-state index is 11.4. The zero-order chi connectivity index (χ0) is 18.2. The van der Waals surface area contributed by atoms with Crippen molar-refractivity contribution in [2.75, 3.05) is 28.4 Å². The molecule has 0 aliphatic carbocycles. The lowest BCUT2D eigenvalue weighted by Gasteiger charge is -2.17. The topological polar surface area (TPSA) is 54.0 Å². The van der Waals surface area contributed by atoms with Crippen molar-refractivity contribution >= 4 is 18.1 Å². The first kappa shape index (κ1) is 18.7. The van der Waals surface area contributed by atoms with Crippen molar-refractivity contribution in [3.63, 3.8) is 0 Å². The summed E-state index contributed by atoms with van der Waals surface area (Å²) in [7, 11) is 6.14. The fraction of sp³-hybridized carbons (Fsp3) is 0.250. The van der Waals surface area contributed by atoms with Crippen LogP contribution in [0.15, 0.2) is 42.5 Å². The first-order valence-corrected chi connectivity index (χ1v) is 7.73. The van der Waals surface area contributed by atoms with E-state index in [2.05, 4.69) is 4.74 Å². The standard InChI is InChI=1S/C20H22O5/c1-22-18-13-15(9-12-17(18)20(24-3)25-4)6-5-14-7-10-16(11-8-14)19(21)23-2/h5-13,20H,1-4H3. The fourth-order valence-corrected chi connectivity index (χ4v) is 2.42. The van der Waals surface area contributed by atoms with Gasteiger partial charge >= 0.3 is 5.97 Å². The minimum Gasteiger partial charge on any atom is -0.496 e. The molecule has 5 nitrogen and oxygen atoms in total. The first-order chi connectivity index (χ1) is 12.1. The Morgan fingerprint density at radius 1 is 0.880 bits per heavy atom. The van der Waals surface area contributed by atoms with Crippen LogP contribution in [0.5, 0.6) is 5.75 Å². The van der Waals surface area contributed by atoms with Gasteiger partial charge in [0, 0.05) is 19.8 Å². The number of carbonyl (C=O) groups is 1. The quantitative estimate of drug-likeness (QED) is 0.433. The van der Waals surface area contributed by atoms with E-state index >= 15 is 0 Å². The number of carbonyl (C=O) groups excluding carboxylic acids is 1. The minimum absolute atomic E-state index is 0.346. The average molecular weight is 342 g/mol. The Morgan fingerprint density at radius 3 is 2.04 bits per heavy atom. The molecule has 2 rings (SSSR count). The smallest absolute Gasteiger partial charge is 0.337 e. The number of ether oxygens (including phenoxy) is 4. The van der Waals surface area contributed by atoms with E-state index in [4.69, 9.17) is 14.2 Å². The Morgan fingerprint density at radius 2 is 1.48 bits per heavy atom. The number of rotatable bonds is 7. The highest BCUT2D eigenvalue weighted by Gasteiger charge is 2.14. The molecule has 2 aromatic rings. The van der Waals surface area contributed by atoms with E-state index in [0.29, 0.717) is 11.3 Å². The predicted octanol–water partition coefficient (Wildman–Crippen LogP) is 3.94. The molecule has 0 amide bonds. The molecule has 0 radical (unpaired) electrons. The van der Waals surface area contributed by atoms with Gasteiger partial charge in [-0.15, -0.1) is 0 Å². The number of hydrogen-bond acceptors (Lipinski definition) is 5. The number of methoxy groups -OCH3 is 4. The monoisotopic (exact) mass is 342 g/mol. The van der Waals surface area contributed by atoms with Crippen LogP contribution >= 0.6 is 0 Å². The Kier molecular flexibility index (Phi) is 6.74. The molecule has 0 saturated carbocycles. The van der Waals surface area contributed by atoms with Crippen LogP contribution in [0.2, 0.25) is 0 Å². The number of hydrogen-bond donors (Lipinski definition) is 0. The van der Waals surface area contributed by atoms with E-state index in [-0.39, 0.29) is 5.97 Å². The molecule has 0 N–H and O–H groups in total. The third-order valence-corrected chi connectivity index (χ3v) is 3.74. The van der Waals surface area contributed by atoms with Crippen molar-refractivity contribution in [1.82, 2.24) is 0 Å². The molecule has 5 heteroatoms. The molecule has 0 aliphatic heterocycles. The molecule has 0 fully saturated rings. The van der Waals surface area contributed by atoms with Gasteiger partial charge in [-0.05, 0) is 35.4 Å². The second kappa shape index (κ2) is 9.01. The molecule has 2 aromatic carbocycles. The van der Waals surface area contributed by atoms with Crippen LogP contribution in [0.4, 0.5) is 0 Å². The SMILES string of the molecule is COC(=O)c1ccc(C=Cc2ccc(C(OC)OC)c(OC)c2)cc1. The van der Waals surface area contributed by atoms with E-state index in [1.165, 1.54) is 7.11 Å². The summed E-state index contributed by atoms with van der Waals surface area (Å²) in [6.45, 7) is 0. The van der Waals surface area contributed by atoms with Crippen molar-refractivity contribution in [3.05, 3.63) is 64.7 Å². The normalized spacial score (nSPS) is 11.1. The summed E-state index contributed by atoms with van der Waals surface area (Å²) in [4.78, 5) is 11.4. The van der Waals surface area contributed by atoms with E-state index < -0.39 is 6.29 Å². The highest BCUT2D eigenvalue weighted by molar-refractivity contribution is 5.89. The van der Waals surface area contributed by atoms with Gasteiger partial charge in [-0.2, -0.15) is 0 Å². The van der Waals surface area contributed by atoms with Gasteiger partial charge in [0.05, 0.1) is 19.8 Å². The van der Waals surface area contributed by atoms with Gasteiger partial charge in [0.25, 0.3) is 0 Å². The minimum atomic E-state index is -0.473. The van der Waals surface area contributed by atoms with Crippen molar-refractivity contribution in [3.8, 4) is 5.75 Å². The molecule has 0 bridgehead atoms. The van der Waals surface area contributed by atoms with Crippen LogP contribution in [0.3, 0.4) is 0 Å². The molecule has 0 heterocycles. The van der Waals surface area contributed by atoms with Crippen molar-refractivity contribution in [2.45, 2.75) is 6.29 Å². The summed E-state index contributed by atoms with van der Waals surface area (Å²) < 4.78 is 20.7. The highest BCUT2D eigenvalue weighted by atomic mass is 16.7. The van der Waals surface area contributed by atoms with Gasteiger partial charge in [0.2, 0.25) is 0 Å². The Balaban J connectivity index is 2.19. The maximum Gasteiger partial charge on any atom is 0.337 e. The molecule has 0 saturated heterocycles. The first-order valence-electron chi connectivity index (χ1n) is 7.73. The van der Waals surface area contributed by atoms with E-state index in [1.807, 2.05) is 42.5 Å². The van der Waals surface area contributed by atoms with Crippen molar-refractivity contribution in [1.29, 1.82) is 0 Å². The van der Waals surface area contributed by atoms with Crippen LogP contribution in [0, 0.1) is 0 Å². The number of esters is 1. The summed E-state index contributed by atoms with van der Waals surface area (Å²) in [5.41, 5.74) is 3.30. The van der Waals surface area contributed by atoms with Crippen LogP contribution in [-0.4, -0.2) is 34.4 Å². The van der Waals surface area contributed by atoms with Crippen molar-refractivity contribution < 1.29 is 23.7 Å². The van der Waals surface area contributed by atoms with Crippen LogP contribution in [0.1, 0.15) is 33.3 Å². The Labute approximate surface area is 147 Å². The van der Waals surface area contributed by atoms with Gasteiger partial charge in [-0.1, -0.05) is 30.4 Å². The van der Waals surface area contributed by atoms with Gasteiger partial charge < -0.3 is 18.9 Å². The third-order valence-electron chi connectivity index (χ3n) is 3.74. The zero-order valence-electron chi connectivity index (χ0n) is 14.8. The summed E-state index contributed by atoms with van der Waals surface area (Å²) in [5, 5.41) is 0. The van der Waals surface area contributed by atoms with Crippen LogP contribution in [-0.2, 0) is 14.2 Å². The maximum atomic E-state index is 11.4. The molecule has 132 valence electrons. The fourth-order valence-electron chi connectivity index (χ4n) is 2.42. The van der Waals surface area contributed by atoms with Gasteiger partial charge in [0.1, 0.15) is 5.75 Å². The predicted molar refractivity (Wildman–Crippen MR) is 96.5 cm³/mol. The van der Waals surface area contributed by atoms with Crippen LogP contribution in [0.25, 0.3) is 12.2 Å². The third kappa shape index (κ3) is 4.68. The Bertz CT molecular complexity index is 730. The summed E-state index contributed by atoms with van der Waals surface area (Å²) >= 11 is 0. The van der Waals surface area contributed by atoms with E-state index in [9.17, 15) is 4.79 Å². The van der Waals surface area contributed by atoms with Gasteiger partial charge in [-0.3, -0.25) is 0 Å². The average Bonchev–Trinajstić information content (AvgIpc) is 2.67. The molecular weight excluding hydrogens is 320 g/mol. The second-order valence-electron chi connectivity index (χ2n) is 5.25. The van der Waals surface area contributed by atoms with E-state index in [0.717, 1.165) is 16.7 Å². The van der Waals surface area contributed by atoms with E-state index in [1.54, 1.807) is 33.5 Å². The molecule has 0 unspecified atom stereocenters. The highest BCUT2D eigenvalue weighted by Crippen LogP contribution is 2.29. The van der Waals surface area contributed by atoms with Gasteiger partial charge in [-0.25, -0.2) is 4.79 Å². The molecule has 0 spiro atoms. The molecular formula is C20H22O5. The lowest BCUT2D eigenvalue weighted by atomic mass is 10.1. The molecule has 0 aliphatic rings. The number of benzene rings is 2. The lowest BCUT2D eigenvalue weighted by Crippen LogP contribution is -2.05. The summed E-state index contributed by atoms with van der Waals surface area (Å²) in [5.74, 6) is 0.346. The van der Waals surface area contributed by atoms with Crippen LogP contribution < -0.4 is 4.74 Å². The van der Waals surface area contributed by atoms with Crippen molar-refractivity contribution in [2.24, 2.45) is 0 Å². The lowest BCUT2D eigenvalue weighted by molar-refractivity contribution is -0.106. The summed E-state index contributed by atoms with van der Waals surface area (Å²) in [6.07, 6.45) is 3.45.